The average Bonchev–Trinajstić information content (AvgIpc) is 3.16. The maximum Gasteiger partial charge on any atom is 0.271 e. The molecule has 0 atom stereocenters. The molecular weight excluding hydrogens is 382 g/mol. The first-order valence-corrected chi connectivity index (χ1v) is 9.62. The van der Waals surface area contributed by atoms with Crippen LogP contribution in [0.3, 0.4) is 0 Å². The van der Waals surface area contributed by atoms with E-state index in [2.05, 4.69) is 10.5 Å². The molecule has 0 radical (unpaired) electrons. The molecule has 0 aliphatic carbocycles. The predicted molar refractivity (Wildman–Crippen MR) is 104 cm³/mol. The van der Waals surface area contributed by atoms with Crippen LogP contribution in [0.15, 0.2) is 75.1 Å². The average molecular weight is 399 g/mol. The number of carbonyl (C=O) groups excluding carboxylic acids is 1. The number of ether oxygens (including phenoxy) is 1. The van der Waals surface area contributed by atoms with E-state index < -0.39 is 10.0 Å². The maximum atomic E-state index is 12.0. The second-order valence-corrected chi connectivity index (χ2v) is 7.26. The summed E-state index contributed by atoms with van der Waals surface area (Å²) in [6, 6.07) is 16.0. The van der Waals surface area contributed by atoms with E-state index in [9.17, 15) is 13.2 Å². The summed E-state index contributed by atoms with van der Waals surface area (Å²) in [5.74, 6) is 1.22. The third kappa shape index (κ3) is 4.64. The lowest BCUT2D eigenvalue weighted by Crippen LogP contribution is -2.17. The van der Waals surface area contributed by atoms with Crippen LogP contribution in [0.25, 0.3) is 11.3 Å². The first kappa shape index (κ1) is 19.3. The zero-order valence-corrected chi connectivity index (χ0v) is 15.6. The Bertz CT molecular complexity index is 1100. The molecule has 0 saturated heterocycles. The first-order chi connectivity index (χ1) is 13.4. The van der Waals surface area contributed by atoms with E-state index >= 15 is 0 Å². The van der Waals surface area contributed by atoms with Crippen LogP contribution in [0, 0.1) is 0 Å². The van der Waals surface area contributed by atoms with Crippen molar-refractivity contribution in [2.75, 3.05) is 7.11 Å². The van der Waals surface area contributed by atoms with Crippen molar-refractivity contribution < 1.29 is 22.4 Å². The molecule has 3 N–H and O–H groups in total. The van der Waals surface area contributed by atoms with Gasteiger partial charge in [-0.2, -0.15) is 5.10 Å². The van der Waals surface area contributed by atoms with Gasteiger partial charge in [0.2, 0.25) is 10.0 Å². The number of furan rings is 1. The Balaban J connectivity index is 1.64. The second kappa shape index (κ2) is 8.07. The van der Waals surface area contributed by atoms with Crippen molar-refractivity contribution in [3.8, 4) is 17.1 Å². The molecule has 8 nitrogen and oxygen atoms in total. The van der Waals surface area contributed by atoms with Gasteiger partial charge in [0.25, 0.3) is 5.91 Å². The number of nitrogens with zero attached hydrogens (tertiary/aromatic N) is 1. The van der Waals surface area contributed by atoms with E-state index in [4.69, 9.17) is 14.3 Å². The molecule has 0 fully saturated rings. The summed E-state index contributed by atoms with van der Waals surface area (Å²) in [6.07, 6.45) is 1.36. The normalized spacial score (nSPS) is 11.5. The lowest BCUT2D eigenvalue weighted by atomic mass is 10.2. The van der Waals surface area contributed by atoms with Crippen molar-refractivity contribution >= 4 is 22.1 Å². The highest BCUT2D eigenvalue weighted by Crippen LogP contribution is 2.23. The number of nitrogens with two attached hydrogens (primary N) is 1. The van der Waals surface area contributed by atoms with E-state index in [1.54, 1.807) is 55.6 Å². The molecular formula is C19H17N3O5S. The quantitative estimate of drug-likeness (QED) is 0.486. The number of nitrogens with one attached hydrogen (secondary N) is 1. The Morgan fingerprint density at radius 3 is 2.36 bits per heavy atom. The Morgan fingerprint density at radius 2 is 1.75 bits per heavy atom. The molecule has 0 aliphatic rings. The summed E-state index contributed by atoms with van der Waals surface area (Å²) >= 11 is 0. The number of rotatable bonds is 6. The van der Waals surface area contributed by atoms with Crippen molar-refractivity contribution in [3.05, 3.63) is 72.0 Å². The number of methoxy groups -OCH3 is 1. The summed E-state index contributed by atoms with van der Waals surface area (Å²) < 4.78 is 33.2. The Kier molecular flexibility index (Phi) is 5.57. The molecule has 3 aromatic rings. The zero-order chi connectivity index (χ0) is 20.1. The Labute approximate surface area is 161 Å². The molecule has 1 amide bonds. The molecule has 144 valence electrons. The van der Waals surface area contributed by atoms with Gasteiger partial charge in [-0.25, -0.2) is 19.0 Å². The van der Waals surface area contributed by atoms with E-state index in [-0.39, 0.29) is 10.8 Å². The first-order valence-electron chi connectivity index (χ1n) is 8.07. The van der Waals surface area contributed by atoms with Gasteiger partial charge in [0, 0.05) is 11.1 Å². The number of hydrazone groups is 1. The summed E-state index contributed by atoms with van der Waals surface area (Å²) in [5.41, 5.74) is 3.52. The largest absolute Gasteiger partial charge is 0.497 e. The summed E-state index contributed by atoms with van der Waals surface area (Å²) in [7, 11) is -2.20. The molecule has 0 saturated carbocycles. The minimum Gasteiger partial charge on any atom is -0.497 e. The van der Waals surface area contributed by atoms with Gasteiger partial charge in [-0.1, -0.05) is 0 Å². The smallest absolute Gasteiger partial charge is 0.271 e. The fourth-order valence-corrected chi connectivity index (χ4v) is 2.86. The van der Waals surface area contributed by atoms with Crippen molar-refractivity contribution in [1.82, 2.24) is 5.43 Å². The molecule has 0 aliphatic heterocycles. The zero-order valence-electron chi connectivity index (χ0n) is 14.8. The predicted octanol–water partition coefficient (Wildman–Crippen LogP) is 2.37. The highest BCUT2D eigenvalue weighted by atomic mass is 32.2. The van der Waals surface area contributed by atoms with Gasteiger partial charge < -0.3 is 9.15 Å². The van der Waals surface area contributed by atoms with Crippen LogP contribution in [0.4, 0.5) is 0 Å². The van der Waals surface area contributed by atoms with E-state index in [1.165, 1.54) is 18.3 Å². The highest BCUT2D eigenvalue weighted by Gasteiger charge is 2.09. The van der Waals surface area contributed by atoms with Crippen molar-refractivity contribution in [1.29, 1.82) is 0 Å². The van der Waals surface area contributed by atoms with Crippen LogP contribution in [-0.4, -0.2) is 27.6 Å². The van der Waals surface area contributed by atoms with E-state index in [1.807, 2.05) is 0 Å². The number of hydrogen-bond acceptors (Lipinski definition) is 6. The van der Waals surface area contributed by atoms with Gasteiger partial charge in [0.15, 0.2) is 0 Å². The summed E-state index contributed by atoms with van der Waals surface area (Å²) in [6.45, 7) is 0. The van der Waals surface area contributed by atoms with Crippen LogP contribution < -0.4 is 15.3 Å². The third-order valence-electron chi connectivity index (χ3n) is 3.80. The van der Waals surface area contributed by atoms with Crippen molar-refractivity contribution in [2.45, 2.75) is 4.90 Å². The van der Waals surface area contributed by atoms with Gasteiger partial charge in [-0.3, -0.25) is 4.79 Å². The second-order valence-electron chi connectivity index (χ2n) is 5.70. The van der Waals surface area contributed by atoms with Crippen molar-refractivity contribution in [3.63, 3.8) is 0 Å². The lowest BCUT2D eigenvalue weighted by Gasteiger charge is -2.01. The van der Waals surface area contributed by atoms with Gasteiger partial charge in [-0.15, -0.1) is 0 Å². The minimum atomic E-state index is -3.74. The number of carbonyl (C=O) groups is 1. The van der Waals surface area contributed by atoms with Gasteiger partial charge >= 0.3 is 0 Å². The summed E-state index contributed by atoms with van der Waals surface area (Å²) in [4.78, 5) is 12.0. The number of benzene rings is 2. The minimum absolute atomic E-state index is 0.0193. The standard InChI is InChI=1S/C19H17N3O5S/c1-26-15-6-2-14(3-7-15)19(23)22-21-12-16-8-11-18(27-16)13-4-9-17(10-5-13)28(20,24)25/h2-12H,1H3,(H,22,23)(H2,20,24,25)/b21-12+. The van der Waals surface area contributed by atoms with Gasteiger partial charge in [0.05, 0.1) is 18.2 Å². The SMILES string of the molecule is COc1ccc(C(=O)N/N=C/c2ccc(-c3ccc(S(N)(=O)=O)cc3)o2)cc1. The van der Waals surface area contributed by atoms with Crippen LogP contribution in [0.2, 0.25) is 0 Å². The number of amides is 1. The number of primary sulfonamides is 1. The van der Waals surface area contributed by atoms with Crippen LogP contribution in [0.1, 0.15) is 16.1 Å². The molecule has 0 unspecified atom stereocenters. The van der Waals surface area contributed by atoms with Crippen LogP contribution in [0.5, 0.6) is 5.75 Å². The van der Waals surface area contributed by atoms with Gasteiger partial charge in [0.1, 0.15) is 17.3 Å². The Morgan fingerprint density at radius 1 is 1.07 bits per heavy atom. The van der Waals surface area contributed by atoms with Crippen LogP contribution in [-0.2, 0) is 10.0 Å². The molecule has 28 heavy (non-hydrogen) atoms. The fraction of sp³-hybridized carbons (Fsp3) is 0.0526. The molecule has 3 rings (SSSR count). The molecule has 1 aromatic heterocycles. The topological polar surface area (TPSA) is 124 Å². The number of sulfonamides is 1. The van der Waals surface area contributed by atoms with Crippen LogP contribution >= 0.6 is 0 Å². The molecule has 1 heterocycles. The van der Waals surface area contributed by atoms with E-state index in [0.29, 0.717) is 28.4 Å². The van der Waals surface area contributed by atoms with Gasteiger partial charge in [-0.05, 0) is 60.7 Å². The fourth-order valence-electron chi connectivity index (χ4n) is 2.35. The highest BCUT2D eigenvalue weighted by molar-refractivity contribution is 7.89. The lowest BCUT2D eigenvalue weighted by molar-refractivity contribution is 0.0955. The van der Waals surface area contributed by atoms with E-state index in [0.717, 1.165) is 0 Å². The molecule has 0 spiro atoms. The molecule has 2 aromatic carbocycles. The van der Waals surface area contributed by atoms with Crippen molar-refractivity contribution in [2.24, 2.45) is 10.2 Å². The Hall–Kier alpha value is -3.43. The monoisotopic (exact) mass is 399 g/mol. The molecule has 9 heteroatoms. The maximum absolute atomic E-state index is 12.0. The third-order valence-corrected chi connectivity index (χ3v) is 4.73. The number of hydrogen-bond donors (Lipinski definition) is 2. The summed E-state index contributed by atoms with van der Waals surface area (Å²) in [5, 5.41) is 8.94. The molecule has 0 bridgehead atoms.